The van der Waals surface area contributed by atoms with E-state index >= 15 is 0 Å². The van der Waals surface area contributed by atoms with Crippen LogP contribution in [0.4, 0.5) is 13.2 Å². The molecule has 0 spiro atoms. The maximum absolute atomic E-state index is 12.4. The van der Waals surface area contributed by atoms with Crippen LogP contribution >= 0.6 is 0 Å². The first-order chi connectivity index (χ1) is 6.57. The highest BCUT2D eigenvalue weighted by molar-refractivity contribution is 5.74. The maximum atomic E-state index is 12.4. The van der Waals surface area contributed by atoms with E-state index in [1.165, 1.54) is 24.3 Å². The summed E-state index contributed by atoms with van der Waals surface area (Å²) >= 11 is 0. The zero-order valence-corrected chi connectivity index (χ0v) is 7.04. The van der Waals surface area contributed by atoms with Gasteiger partial charge in [-0.25, -0.2) is 4.39 Å². The Morgan fingerprint density at radius 2 is 1.86 bits per heavy atom. The van der Waals surface area contributed by atoms with Crippen molar-refractivity contribution < 1.29 is 22.7 Å². The number of aldehydes is 1. The molecular weight excluding hydrogens is 197 g/mol. The van der Waals surface area contributed by atoms with Crippen molar-refractivity contribution in [3.63, 3.8) is 0 Å². The number of ether oxygens (including phenoxy) is 1. The van der Waals surface area contributed by atoms with Gasteiger partial charge in [-0.3, -0.25) is 4.79 Å². The van der Waals surface area contributed by atoms with Gasteiger partial charge in [0, 0.05) is 5.56 Å². The molecule has 0 aliphatic rings. The van der Waals surface area contributed by atoms with Gasteiger partial charge >= 0.3 is 6.11 Å². The Balaban J connectivity index is 2.73. The predicted molar refractivity (Wildman–Crippen MR) is 43.4 cm³/mol. The smallest absolute Gasteiger partial charge is 0.427 e. The molecule has 0 radical (unpaired) electrons. The molecule has 0 unspecified atom stereocenters. The number of hydrogen-bond donors (Lipinski definition) is 0. The summed E-state index contributed by atoms with van der Waals surface area (Å²) in [5.74, 6) is -0.182. The second kappa shape index (κ2) is 4.13. The Labute approximate surface area is 78.3 Å². The van der Waals surface area contributed by atoms with E-state index in [-0.39, 0.29) is 5.75 Å². The number of rotatable bonds is 4. The number of halogens is 3. The molecule has 1 rings (SSSR count). The van der Waals surface area contributed by atoms with Crippen LogP contribution in [0.5, 0.6) is 5.75 Å². The Morgan fingerprint density at radius 3 is 2.29 bits per heavy atom. The van der Waals surface area contributed by atoms with Gasteiger partial charge in [-0.2, -0.15) is 8.78 Å². The van der Waals surface area contributed by atoms with Crippen molar-refractivity contribution in [1.82, 2.24) is 0 Å². The monoisotopic (exact) mass is 204 g/mol. The van der Waals surface area contributed by atoms with Gasteiger partial charge in [-0.15, -0.1) is 0 Å². The van der Waals surface area contributed by atoms with E-state index in [0.29, 0.717) is 11.8 Å². The molecule has 1 aromatic carbocycles. The first kappa shape index (κ1) is 10.6. The average molecular weight is 204 g/mol. The third-order valence-corrected chi connectivity index (χ3v) is 1.44. The summed E-state index contributed by atoms with van der Waals surface area (Å²) in [7, 11) is 0. The lowest BCUT2D eigenvalue weighted by molar-refractivity contribution is -0.186. The number of alkyl halides is 3. The fourth-order valence-electron chi connectivity index (χ4n) is 0.814. The van der Waals surface area contributed by atoms with E-state index in [1.54, 1.807) is 0 Å². The maximum Gasteiger partial charge on any atom is 0.427 e. The molecule has 0 heterocycles. The first-order valence-corrected chi connectivity index (χ1v) is 3.75. The number of benzene rings is 1. The van der Waals surface area contributed by atoms with Crippen molar-refractivity contribution in [3.8, 4) is 5.75 Å². The van der Waals surface area contributed by atoms with Crippen LogP contribution in [0, 0.1) is 0 Å². The van der Waals surface area contributed by atoms with Crippen LogP contribution in [0.2, 0.25) is 0 Å². The van der Waals surface area contributed by atoms with Gasteiger partial charge in [-0.05, 0) is 24.3 Å². The zero-order chi connectivity index (χ0) is 10.6. The highest BCUT2D eigenvalue weighted by Crippen LogP contribution is 2.21. The van der Waals surface area contributed by atoms with E-state index < -0.39 is 12.8 Å². The Kier molecular flexibility index (Phi) is 3.11. The van der Waals surface area contributed by atoms with Gasteiger partial charge in [0.1, 0.15) is 12.0 Å². The lowest BCUT2D eigenvalue weighted by Gasteiger charge is -2.13. The van der Waals surface area contributed by atoms with E-state index in [9.17, 15) is 18.0 Å². The molecule has 0 saturated heterocycles. The number of carbonyl (C=O) groups is 1. The third-order valence-electron chi connectivity index (χ3n) is 1.44. The molecule has 0 amide bonds. The molecule has 5 heteroatoms. The van der Waals surface area contributed by atoms with Gasteiger partial charge in [0.25, 0.3) is 0 Å². The second-order valence-corrected chi connectivity index (χ2v) is 2.56. The Morgan fingerprint density at radius 1 is 1.29 bits per heavy atom. The summed E-state index contributed by atoms with van der Waals surface area (Å²) in [6, 6.07) is 4.95. The summed E-state index contributed by atoms with van der Waals surface area (Å²) in [5.41, 5.74) is 0.334. The molecule has 76 valence electrons. The van der Waals surface area contributed by atoms with Crippen molar-refractivity contribution in [2.45, 2.75) is 6.11 Å². The minimum absolute atomic E-state index is 0.182. The fraction of sp³-hybridized carbons (Fsp3) is 0.222. The normalized spacial score (nSPS) is 11.1. The molecule has 0 aliphatic heterocycles. The Hall–Kier alpha value is -1.52. The van der Waals surface area contributed by atoms with Crippen LogP contribution < -0.4 is 4.74 Å². The molecule has 0 saturated carbocycles. The third kappa shape index (κ3) is 2.76. The summed E-state index contributed by atoms with van der Waals surface area (Å²) in [6.07, 6.45) is -3.25. The molecule has 0 aromatic heterocycles. The highest BCUT2D eigenvalue weighted by Gasteiger charge is 2.31. The first-order valence-electron chi connectivity index (χ1n) is 3.75. The molecular formula is C9H7F3O2. The summed E-state index contributed by atoms with van der Waals surface area (Å²) in [5, 5.41) is 0. The van der Waals surface area contributed by atoms with Crippen LogP contribution in [-0.2, 0) is 0 Å². The standard InChI is InChI=1S/C9H7F3O2/c10-6-9(11,12)14-8-3-1-7(5-13)2-4-8/h1-5H,6H2. The quantitative estimate of drug-likeness (QED) is 0.704. The van der Waals surface area contributed by atoms with Crippen molar-refractivity contribution in [2.24, 2.45) is 0 Å². The van der Waals surface area contributed by atoms with E-state index in [2.05, 4.69) is 4.74 Å². The van der Waals surface area contributed by atoms with Crippen molar-refractivity contribution in [2.75, 3.05) is 6.67 Å². The van der Waals surface area contributed by atoms with Crippen LogP contribution in [0.25, 0.3) is 0 Å². The second-order valence-electron chi connectivity index (χ2n) is 2.56. The number of carbonyl (C=O) groups excluding carboxylic acids is 1. The largest absolute Gasteiger partial charge is 0.431 e. The van der Waals surface area contributed by atoms with E-state index in [4.69, 9.17) is 0 Å². The van der Waals surface area contributed by atoms with Gasteiger partial charge in [-0.1, -0.05) is 0 Å². The van der Waals surface area contributed by atoms with Gasteiger partial charge in [0.2, 0.25) is 0 Å². The van der Waals surface area contributed by atoms with Crippen LogP contribution in [-0.4, -0.2) is 19.1 Å². The lowest BCUT2D eigenvalue weighted by Crippen LogP contribution is -2.26. The average Bonchev–Trinajstić information content (AvgIpc) is 2.19. The lowest BCUT2D eigenvalue weighted by atomic mass is 10.2. The molecule has 0 atom stereocenters. The minimum atomic E-state index is -3.82. The summed E-state index contributed by atoms with van der Waals surface area (Å²) in [4.78, 5) is 10.2. The molecule has 0 fully saturated rings. The van der Waals surface area contributed by atoms with Crippen LogP contribution in [0.15, 0.2) is 24.3 Å². The van der Waals surface area contributed by atoms with Gasteiger partial charge < -0.3 is 4.74 Å². The fourth-order valence-corrected chi connectivity index (χ4v) is 0.814. The SMILES string of the molecule is O=Cc1ccc(OC(F)(F)CF)cc1. The highest BCUT2D eigenvalue weighted by atomic mass is 19.3. The van der Waals surface area contributed by atoms with Gasteiger partial charge in [0.15, 0.2) is 6.67 Å². The molecule has 0 aliphatic carbocycles. The Bertz CT molecular complexity index is 308. The van der Waals surface area contributed by atoms with Crippen molar-refractivity contribution in [1.29, 1.82) is 0 Å². The van der Waals surface area contributed by atoms with Gasteiger partial charge in [0.05, 0.1) is 0 Å². The molecule has 2 nitrogen and oxygen atoms in total. The predicted octanol–water partition coefficient (Wildman–Crippen LogP) is 2.44. The van der Waals surface area contributed by atoms with E-state index in [1.807, 2.05) is 0 Å². The molecule has 0 N–H and O–H groups in total. The molecule has 0 bridgehead atoms. The zero-order valence-electron chi connectivity index (χ0n) is 7.04. The van der Waals surface area contributed by atoms with Crippen LogP contribution in [0.3, 0.4) is 0 Å². The topological polar surface area (TPSA) is 26.3 Å². The van der Waals surface area contributed by atoms with Crippen molar-refractivity contribution >= 4 is 6.29 Å². The molecule has 1 aromatic rings. The van der Waals surface area contributed by atoms with Crippen LogP contribution in [0.1, 0.15) is 10.4 Å². The van der Waals surface area contributed by atoms with E-state index in [0.717, 1.165) is 0 Å². The minimum Gasteiger partial charge on any atom is -0.431 e. The van der Waals surface area contributed by atoms with Crippen molar-refractivity contribution in [3.05, 3.63) is 29.8 Å². The summed E-state index contributed by atoms with van der Waals surface area (Å²) in [6.45, 7) is -1.89. The number of hydrogen-bond acceptors (Lipinski definition) is 2. The molecule has 14 heavy (non-hydrogen) atoms. The summed E-state index contributed by atoms with van der Waals surface area (Å²) < 4.78 is 40.4.